The first-order valence-electron chi connectivity index (χ1n) is 13.3. The van der Waals surface area contributed by atoms with Gasteiger partial charge >= 0.3 is 6.09 Å². The predicted molar refractivity (Wildman–Crippen MR) is 148 cm³/mol. The summed E-state index contributed by atoms with van der Waals surface area (Å²) in [6.45, 7) is 12.5. The molecule has 0 spiro atoms. The summed E-state index contributed by atoms with van der Waals surface area (Å²) in [7, 11) is 0. The fourth-order valence-electron chi connectivity index (χ4n) is 4.91. The standard InChI is InChI=1S/C29H35FN6O3/c1-18(2)36-12-13-38-24-8-6-19(14-23(24)36)26-22(30)16-32-27(34-26)33-25-9-7-20(15-31-25)21-10-11-35(17-21)28(37)39-29(3,4)5/h6-9,14-16,18,21H,10-13,17H2,1-5H3,(H,31,32,33,34). The summed E-state index contributed by atoms with van der Waals surface area (Å²) in [5, 5.41) is 3.08. The molecule has 3 aromatic rings. The molecule has 4 heterocycles. The van der Waals surface area contributed by atoms with Crippen molar-refractivity contribution in [2.75, 3.05) is 36.5 Å². The van der Waals surface area contributed by atoms with E-state index >= 15 is 0 Å². The van der Waals surface area contributed by atoms with Gasteiger partial charge in [0.2, 0.25) is 5.95 Å². The smallest absolute Gasteiger partial charge is 0.410 e. The molecule has 39 heavy (non-hydrogen) atoms. The van der Waals surface area contributed by atoms with Gasteiger partial charge < -0.3 is 24.6 Å². The molecule has 0 radical (unpaired) electrons. The molecule has 0 saturated carbocycles. The van der Waals surface area contributed by atoms with E-state index in [0.29, 0.717) is 31.1 Å². The molecular formula is C29H35FN6O3. The van der Waals surface area contributed by atoms with Crippen molar-refractivity contribution in [3.63, 3.8) is 0 Å². The minimum absolute atomic E-state index is 0.186. The van der Waals surface area contributed by atoms with Gasteiger partial charge in [0.25, 0.3) is 0 Å². The Morgan fingerprint density at radius 1 is 1.15 bits per heavy atom. The highest BCUT2D eigenvalue weighted by Gasteiger charge is 2.30. The first kappa shape index (κ1) is 26.6. The van der Waals surface area contributed by atoms with Crippen molar-refractivity contribution in [2.24, 2.45) is 0 Å². The summed E-state index contributed by atoms with van der Waals surface area (Å²) in [4.78, 5) is 29.5. The van der Waals surface area contributed by atoms with Crippen molar-refractivity contribution in [3.05, 3.63) is 54.1 Å². The van der Waals surface area contributed by atoms with Crippen LogP contribution in [0.4, 0.5) is 26.6 Å². The van der Waals surface area contributed by atoms with Gasteiger partial charge in [0.05, 0.1) is 18.4 Å². The fourth-order valence-corrected chi connectivity index (χ4v) is 4.91. The topological polar surface area (TPSA) is 92.7 Å². The number of fused-ring (bicyclic) bond motifs is 1. The van der Waals surface area contributed by atoms with E-state index < -0.39 is 11.4 Å². The Hall–Kier alpha value is -3.95. The van der Waals surface area contributed by atoms with Crippen LogP contribution >= 0.6 is 0 Å². The van der Waals surface area contributed by atoms with Crippen molar-refractivity contribution < 1.29 is 18.7 Å². The molecule has 1 fully saturated rings. The van der Waals surface area contributed by atoms with Crippen LogP contribution in [-0.2, 0) is 4.74 Å². The van der Waals surface area contributed by atoms with E-state index in [1.165, 1.54) is 6.20 Å². The van der Waals surface area contributed by atoms with E-state index in [4.69, 9.17) is 9.47 Å². The Balaban J connectivity index is 1.28. The lowest BCUT2D eigenvalue weighted by molar-refractivity contribution is 0.0292. The van der Waals surface area contributed by atoms with Crippen LogP contribution in [0, 0.1) is 5.82 Å². The Labute approximate surface area is 228 Å². The molecule has 1 amide bonds. The molecule has 206 valence electrons. The highest BCUT2D eigenvalue weighted by molar-refractivity contribution is 5.72. The lowest BCUT2D eigenvalue weighted by atomic mass is 10.0. The lowest BCUT2D eigenvalue weighted by Crippen LogP contribution is -2.37. The molecule has 9 nitrogen and oxygen atoms in total. The van der Waals surface area contributed by atoms with E-state index in [-0.39, 0.29) is 29.7 Å². The number of nitrogens with one attached hydrogen (secondary N) is 1. The second kappa shape index (κ2) is 10.7. The zero-order valence-electron chi connectivity index (χ0n) is 23.1. The van der Waals surface area contributed by atoms with E-state index in [1.807, 2.05) is 51.1 Å². The molecular weight excluding hydrogens is 499 g/mol. The van der Waals surface area contributed by atoms with Crippen molar-refractivity contribution in [1.82, 2.24) is 19.9 Å². The number of anilines is 3. The van der Waals surface area contributed by atoms with Gasteiger partial charge in [-0.05, 0) is 70.9 Å². The quantitative estimate of drug-likeness (QED) is 0.442. The predicted octanol–water partition coefficient (Wildman–Crippen LogP) is 5.75. The second-order valence-electron chi connectivity index (χ2n) is 11.2. The van der Waals surface area contributed by atoms with Gasteiger partial charge in [-0.2, -0.15) is 0 Å². The van der Waals surface area contributed by atoms with E-state index in [0.717, 1.165) is 30.0 Å². The maximum atomic E-state index is 14.8. The molecule has 1 aromatic carbocycles. The summed E-state index contributed by atoms with van der Waals surface area (Å²) in [5.41, 5.74) is 2.30. The molecule has 1 atom stereocenters. The number of carbonyl (C=O) groups excluding carboxylic acids is 1. The van der Waals surface area contributed by atoms with Crippen LogP contribution in [0.2, 0.25) is 0 Å². The van der Waals surface area contributed by atoms with Gasteiger partial charge in [-0.1, -0.05) is 6.07 Å². The number of benzene rings is 1. The Morgan fingerprint density at radius 2 is 1.97 bits per heavy atom. The fraction of sp³-hybridized carbons (Fsp3) is 0.448. The van der Waals surface area contributed by atoms with Crippen molar-refractivity contribution in [1.29, 1.82) is 0 Å². The maximum absolute atomic E-state index is 14.8. The summed E-state index contributed by atoms with van der Waals surface area (Å²) in [6, 6.07) is 9.70. The van der Waals surface area contributed by atoms with Crippen LogP contribution in [-0.4, -0.2) is 63.8 Å². The molecule has 5 rings (SSSR count). The number of hydrogen-bond acceptors (Lipinski definition) is 8. The van der Waals surface area contributed by atoms with Crippen LogP contribution < -0.4 is 15.0 Å². The number of nitrogens with zero attached hydrogens (tertiary/aromatic N) is 5. The number of likely N-dealkylation sites (tertiary alicyclic amines) is 1. The molecule has 1 N–H and O–H groups in total. The summed E-state index contributed by atoms with van der Waals surface area (Å²) >= 11 is 0. The number of pyridine rings is 1. The normalized spacial score (nSPS) is 17.2. The average Bonchev–Trinajstić information content (AvgIpc) is 3.39. The highest BCUT2D eigenvalue weighted by atomic mass is 19.1. The van der Waals surface area contributed by atoms with Crippen LogP contribution in [0.1, 0.15) is 52.5 Å². The van der Waals surface area contributed by atoms with Gasteiger partial charge in [-0.25, -0.2) is 24.1 Å². The first-order valence-corrected chi connectivity index (χ1v) is 13.3. The van der Waals surface area contributed by atoms with Crippen molar-refractivity contribution >= 4 is 23.5 Å². The molecule has 1 saturated heterocycles. The van der Waals surface area contributed by atoms with Gasteiger partial charge in [0, 0.05) is 36.8 Å². The van der Waals surface area contributed by atoms with E-state index in [2.05, 4.69) is 39.0 Å². The minimum Gasteiger partial charge on any atom is -0.490 e. The van der Waals surface area contributed by atoms with Crippen molar-refractivity contribution in [2.45, 2.75) is 58.6 Å². The van der Waals surface area contributed by atoms with Gasteiger partial charge in [0.15, 0.2) is 5.82 Å². The first-order chi connectivity index (χ1) is 18.6. The largest absolute Gasteiger partial charge is 0.490 e. The van der Waals surface area contributed by atoms with Crippen LogP contribution in [0.5, 0.6) is 5.75 Å². The minimum atomic E-state index is -0.519. The van der Waals surface area contributed by atoms with Crippen LogP contribution in [0.25, 0.3) is 11.3 Å². The van der Waals surface area contributed by atoms with Gasteiger partial charge in [-0.3, -0.25) is 0 Å². The third-order valence-electron chi connectivity index (χ3n) is 6.84. The monoisotopic (exact) mass is 534 g/mol. The van der Waals surface area contributed by atoms with Crippen LogP contribution in [0.3, 0.4) is 0 Å². The molecule has 2 aliphatic heterocycles. The molecule has 10 heteroatoms. The Bertz CT molecular complexity index is 1340. The van der Waals surface area contributed by atoms with E-state index in [1.54, 1.807) is 11.1 Å². The summed E-state index contributed by atoms with van der Waals surface area (Å²) in [5.74, 6) is 1.26. The SMILES string of the molecule is CC(C)N1CCOc2ccc(-c3nc(Nc4ccc(C5CCN(C(=O)OC(C)(C)C)C5)cn4)ncc3F)cc21. The van der Waals surface area contributed by atoms with Crippen LogP contribution in [0.15, 0.2) is 42.7 Å². The number of hydrogen-bond donors (Lipinski definition) is 1. The van der Waals surface area contributed by atoms with Gasteiger partial charge in [0.1, 0.15) is 29.5 Å². The zero-order valence-corrected chi connectivity index (χ0v) is 23.1. The number of amides is 1. The molecule has 0 aliphatic carbocycles. The molecule has 2 aliphatic rings. The molecule has 1 unspecified atom stereocenters. The molecule has 2 aromatic heterocycles. The third kappa shape index (κ3) is 6.05. The Morgan fingerprint density at radius 3 is 2.69 bits per heavy atom. The number of rotatable bonds is 5. The highest BCUT2D eigenvalue weighted by Crippen LogP contribution is 2.37. The Kier molecular flexibility index (Phi) is 7.29. The number of halogens is 1. The third-order valence-corrected chi connectivity index (χ3v) is 6.84. The maximum Gasteiger partial charge on any atom is 0.410 e. The summed E-state index contributed by atoms with van der Waals surface area (Å²) < 4.78 is 26.1. The lowest BCUT2D eigenvalue weighted by Gasteiger charge is -2.34. The second-order valence-corrected chi connectivity index (χ2v) is 11.2. The number of carbonyl (C=O) groups is 1. The molecule has 0 bridgehead atoms. The zero-order chi connectivity index (χ0) is 27.7. The van der Waals surface area contributed by atoms with E-state index in [9.17, 15) is 9.18 Å². The van der Waals surface area contributed by atoms with Gasteiger partial charge in [-0.15, -0.1) is 0 Å². The summed E-state index contributed by atoms with van der Waals surface area (Å²) in [6.07, 6.45) is 3.51. The number of ether oxygens (including phenoxy) is 2. The average molecular weight is 535 g/mol. The number of aromatic nitrogens is 3. The van der Waals surface area contributed by atoms with Crippen molar-refractivity contribution in [3.8, 4) is 17.0 Å².